The Labute approximate surface area is 148 Å². The second-order valence-corrected chi connectivity index (χ2v) is 5.99. The van der Waals surface area contributed by atoms with E-state index in [1.165, 1.54) is 32.8 Å². The number of esters is 1. The number of hydrogen-bond acceptors (Lipinski definition) is 4. The SMILES string of the molecule is CC.COC(=O)c1ccc(-c2cnn(CC3CCCC3)c2)c(Cl)n1. The molecule has 1 aliphatic rings. The van der Waals surface area contributed by atoms with Gasteiger partial charge in [0.1, 0.15) is 10.8 Å². The van der Waals surface area contributed by atoms with Crippen molar-refractivity contribution in [2.24, 2.45) is 5.92 Å². The Hall–Kier alpha value is -1.88. The number of carbonyl (C=O) groups excluding carboxylic acids is 1. The standard InChI is InChI=1S/C16H18ClN3O2.C2H6/c1-22-16(21)14-7-6-13(15(17)19-14)12-8-18-20(10-12)9-11-4-2-3-5-11;1-2/h6-8,10-11H,2-5,9H2,1H3;1-2H3. The van der Waals surface area contributed by atoms with Gasteiger partial charge in [-0.25, -0.2) is 9.78 Å². The third-order valence-electron chi connectivity index (χ3n) is 4.11. The van der Waals surface area contributed by atoms with Gasteiger partial charge in [-0.1, -0.05) is 38.3 Å². The second-order valence-electron chi connectivity index (χ2n) is 5.63. The van der Waals surface area contributed by atoms with Gasteiger partial charge in [0.15, 0.2) is 0 Å². The average Bonchev–Trinajstić information content (AvgIpc) is 3.28. The topological polar surface area (TPSA) is 57.0 Å². The lowest BCUT2D eigenvalue weighted by molar-refractivity contribution is 0.0594. The highest BCUT2D eigenvalue weighted by atomic mass is 35.5. The molecular formula is C18H24ClN3O2. The number of carbonyl (C=O) groups is 1. The second kappa shape index (κ2) is 8.83. The van der Waals surface area contributed by atoms with Crippen LogP contribution in [0.4, 0.5) is 0 Å². The van der Waals surface area contributed by atoms with Gasteiger partial charge in [0.2, 0.25) is 0 Å². The summed E-state index contributed by atoms with van der Waals surface area (Å²) in [5.41, 5.74) is 1.88. The quantitative estimate of drug-likeness (QED) is 0.597. The minimum atomic E-state index is -0.495. The van der Waals surface area contributed by atoms with Crippen molar-refractivity contribution in [2.75, 3.05) is 7.11 Å². The Balaban J connectivity index is 0.00000100. The first kappa shape index (κ1) is 18.5. The van der Waals surface area contributed by atoms with Crippen LogP contribution in [-0.4, -0.2) is 27.8 Å². The fraction of sp³-hybridized carbons (Fsp3) is 0.500. The fourth-order valence-corrected chi connectivity index (χ4v) is 3.19. The molecule has 1 saturated carbocycles. The zero-order valence-electron chi connectivity index (χ0n) is 14.5. The van der Waals surface area contributed by atoms with E-state index in [1.54, 1.807) is 18.3 Å². The van der Waals surface area contributed by atoms with Crippen LogP contribution in [0.5, 0.6) is 0 Å². The summed E-state index contributed by atoms with van der Waals surface area (Å²) in [7, 11) is 1.32. The fourth-order valence-electron chi connectivity index (χ4n) is 2.93. The van der Waals surface area contributed by atoms with E-state index in [4.69, 9.17) is 11.6 Å². The molecule has 1 aliphatic carbocycles. The van der Waals surface area contributed by atoms with Crippen LogP contribution in [-0.2, 0) is 11.3 Å². The molecule has 24 heavy (non-hydrogen) atoms. The Morgan fingerprint density at radius 1 is 1.33 bits per heavy atom. The zero-order valence-corrected chi connectivity index (χ0v) is 15.2. The molecule has 0 amide bonds. The number of hydrogen-bond donors (Lipinski definition) is 0. The van der Waals surface area contributed by atoms with Crippen LogP contribution in [0, 0.1) is 5.92 Å². The van der Waals surface area contributed by atoms with Gasteiger partial charge in [0.25, 0.3) is 0 Å². The van der Waals surface area contributed by atoms with Crippen LogP contribution in [0.25, 0.3) is 11.1 Å². The number of nitrogens with zero attached hydrogens (tertiary/aromatic N) is 3. The lowest BCUT2D eigenvalue weighted by atomic mass is 10.1. The molecule has 5 nitrogen and oxygen atoms in total. The maximum Gasteiger partial charge on any atom is 0.356 e. The molecule has 0 saturated heterocycles. The highest BCUT2D eigenvalue weighted by molar-refractivity contribution is 6.32. The normalized spacial score (nSPS) is 14.2. The molecule has 2 aromatic rings. The third kappa shape index (κ3) is 4.35. The van der Waals surface area contributed by atoms with Gasteiger partial charge in [-0.2, -0.15) is 5.10 Å². The van der Waals surface area contributed by atoms with E-state index in [0.717, 1.165) is 23.6 Å². The summed E-state index contributed by atoms with van der Waals surface area (Å²) >= 11 is 6.19. The van der Waals surface area contributed by atoms with Crippen LogP contribution in [0.3, 0.4) is 0 Å². The first-order valence-electron chi connectivity index (χ1n) is 8.45. The molecule has 0 spiro atoms. The third-order valence-corrected chi connectivity index (χ3v) is 4.40. The lowest BCUT2D eigenvalue weighted by Crippen LogP contribution is -2.07. The maximum absolute atomic E-state index is 11.5. The molecule has 1 fully saturated rings. The van der Waals surface area contributed by atoms with Crippen LogP contribution in [0.15, 0.2) is 24.5 Å². The number of pyridine rings is 1. The highest BCUT2D eigenvalue weighted by Gasteiger charge is 2.17. The lowest BCUT2D eigenvalue weighted by Gasteiger charge is -2.08. The number of ether oxygens (including phenoxy) is 1. The molecule has 130 valence electrons. The number of aromatic nitrogens is 3. The molecule has 3 rings (SSSR count). The molecule has 0 bridgehead atoms. The van der Waals surface area contributed by atoms with E-state index >= 15 is 0 Å². The van der Waals surface area contributed by atoms with Gasteiger partial charge in [-0.05, 0) is 30.9 Å². The predicted molar refractivity (Wildman–Crippen MR) is 95.1 cm³/mol. The molecule has 2 aromatic heterocycles. The van der Waals surface area contributed by atoms with Crippen molar-refractivity contribution < 1.29 is 9.53 Å². The summed E-state index contributed by atoms with van der Waals surface area (Å²) in [6.45, 7) is 4.95. The zero-order chi connectivity index (χ0) is 17.5. The van der Waals surface area contributed by atoms with Gasteiger partial charge in [0.05, 0.1) is 13.3 Å². The van der Waals surface area contributed by atoms with Gasteiger partial charge in [-0.3, -0.25) is 4.68 Å². The monoisotopic (exact) mass is 349 g/mol. The summed E-state index contributed by atoms with van der Waals surface area (Å²) in [6.07, 6.45) is 8.98. The smallest absolute Gasteiger partial charge is 0.356 e. The summed E-state index contributed by atoms with van der Waals surface area (Å²) in [4.78, 5) is 15.5. The van der Waals surface area contributed by atoms with E-state index in [9.17, 15) is 4.79 Å². The Morgan fingerprint density at radius 2 is 2.04 bits per heavy atom. The molecule has 0 radical (unpaired) electrons. The van der Waals surface area contributed by atoms with Crippen LogP contribution < -0.4 is 0 Å². The summed E-state index contributed by atoms with van der Waals surface area (Å²) in [6, 6.07) is 3.39. The first-order valence-corrected chi connectivity index (χ1v) is 8.83. The molecule has 0 atom stereocenters. The predicted octanol–water partition coefficient (Wildman–Crippen LogP) is 4.60. The van der Waals surface area contributed by atoms with Gasteiger partial charge >= 0.3 is 5.97 Å². The number of halogens is 1. The molecule has 6 heteroatoms. The van der Waals surface area contributed by atoms with Crippen molar-refractivity contribution in [3.63, 3.8) is 0 Å². The molecule has 0 unspecified atom stereocenters. The van der Waals surface area contributed by atoms with Crippen LogP contribution in [0.1, 0.15) is 50.0 Å². The van der Waals surface area contributed by atoms with Crippen LogP contribution >= 0.6 is 11.6 Å². The van der Waals surface area contributed by atoms with Crippen molar-refractivity contribution in [1.29, 1.82) is 0 Å². The minimum Gasteiger partial charge on any atom is -0.464 e. The van der Waals surface area contributed by atoms with Gasteiger partial charge < -0.3 is 4.74 Å². The van der Waals surface area contributed by atoms with E-state index in [2.05, 4.69) is 14.8 Å². The summed E-state index contributed by atoms with van der Waals surface area (Å²) < 4.78 is 6.61. The van der Waals surface area contributed by atoms with Crippen molar-refractivity contribution in [3.8, 4) is 11.1 Å². The Kier molecular flexibility index (Phi) is 6.79. The molecule has 2 heterocycles. The first-order chi connectivity index (χ1) is 11.7. The van der Waals surface area contributed by atoms with E-state index in [1.807, 2.05) is 24.7 Å². The van der Waals surface area contributed by atoms with Crippen LogP contribution in [0.2, 0.25) is 5.15 Å². The summed E-state index contributed by atoms with van der Waals surface area (Å²) in [5, 5.41) is 4.69. The largest absolute Gasteiger partial charge is 0.464 e. The van der Waals surface area contributed by atoms with Crippen molar-refractivity contribution >= 4 is 17.6 Å². The van der Waals surface area contributed by atoms with Crippen molar-refractivity contribution in [1.82, 2.24) is 14.8 Å². The molecular weight excluding hydrogens is 326 g/mol. The highest BCUT2D eigenvalue weighted by Crippen LogP contribution is 2.29. The van der Waals surface area contributed by atoms with E-state index < -0.39 is 5.97 Å². The molecule has 0 aromatic carbocycles. The van der Waals surface area contributed by atoms with Crippen molar-refractivity contribution in [3.05, 3.63) is 35.4 Å². The number of rotatable bonds is 4. The maximum atomic E-state index is 11.5. The van der Waals surface area contributed by atoms with E-state index in [-0.39, 0.29) is 10.8 Å². The Bertz CT molecular complexity index is 679. The van der Waals surface area contributed by atoms with E-state index in [0.29, 0.717) is 0 Å². The Morgan fingerprint density at radius 3 is 2.67 bits per heavy atom. The van der Waals surface area contributed by atoms with Gasteiger partial charge in [0, 0.05) is 23.9 Å². The minimum absolute atomic E-state index is 0.203. The molecule has 0 aliphatic heterocycles. The summed E-state index contributed by atoms with van der Waals surface area (Å²) in [5.74, 6) is 0.230. The van der Waals surface area contributed by atoms with Crippen molar-refractivity contribution in [2.45, 2.75) is 46.1 Å². The molecule has 0 N–H and O–H groups in total. The average molecular weight is 350 g/mol. The van der Waals surface area contributed by atoms with Gasteiger partial charge in [-0.15, -0.1) is 0 Å². The number of methoxy groups -OCH3 is 1.